The van der Waals surface area contributed by atoms with Crippen LogP contribution in [0.3, 0.4) is 0 Å². The van der Waals surface area contributed by atoms with Crippen LogP contribution in [0.4, 0.5) is 8.78 Å². The number of hydrogen-bond donors (Lipinski definition) is 2. The highest BCUT2D eigenvalue weighted by atomic mass is 19.3. The monoisotopic (exact) mass is 204 g/mol. The highest BCUT2D eigenvalue weighted by Crippen LogP contribution is 2.26. The lowest BCUT2D eigenvalue weighted by atomic mass is 9.93. The maximum absolute atomic E-state index is 12.8. The van der Waals surface area contributed by atoms with Gasteiger partial charge in [-0.25, -0.2) is 8.78 Å². The molecule has 1 unspecified atom stereocenters. The zero-order chi connectivity index (χ0) is 10.0. The molecule has 0 aromatic carbocycles. The molecule has 1 heterocycles. The van der Waals surface area contributed by atoms with Gasteiger partial charge in [0.05, 0.1) is 6.54 Å². The molecule has 82 valence electrons. The van der Waals surface area contributed by atoms with E-state index in [9.17, 15) is 8.78 Å². The number of halogens is 2. The van der Waals surface area contributed by atoms with Gasteiger partial charge in [0.1, 0.15) is 0 Å². The fourth-order valence-corrected chi connectivity index (χ4v) is 2.08. The van der Waals surface area contributed by atoms with Crippen molar-refractivity contribution in [1.29, 1.82) is 0 Å². The van der Waals surface area contributed by atoms with Crippen molar-refractivity contribution < 1.29 is 8.78 Å². The normalized spacial score (nSPS) is 31.7. The van der Waals surface area contributed by atoms with E-state index in [1.165, 1.54) is 19.3 Å². The van der Waals surface area contributed by atoms with Gasteiger partial charge in [0, 0.05) is 18.5 Å². The van der Waals surface area contributed by atoms with Crippen LogP contribution in [-0.2, 0) is 0 Å². The van der Waals surface area contributed by atoms with E-state index in [-0.39, 0.29) is 19.0 Å². The van der Waals surface area contributed by atoms with Gasteiger partial charge < -0.3 is 10.6 Å². The number of rotatable bonds is 4. The molecule has 0 bridgehead atoms. The van der Waals surface area contributed by atoms with Crippen LogP contribution in [0.1, 0.15) is 32.1 Å². The van der Waals surface area contributed by atoms with Gasteiger partial charge in [-0.3, -0.25) is 0 Å². The van der Waals surface area contributed by atoms with E-state index >= 15 is 0 Å². The summed E-state index contributed by atoms with van der Waals surface area (Å²) in [4.78, 5) is 0. The van der Waals surface area contributed by atoms with E-state index in [1.54, 1.807) is 0 Å². The summed E-state index contributed by atoms with van der Waals surface area (Å²) in [5.74, 6) is -2.47. The first-order valence-corrected chi connectivity index (χ1v) is 5.50. The second-order valence-electron chi connectivity index (χ2n) is 4.51. The molecule has 0 spiro atoms. The van der Waals surface area contributed by atoms with E-state index in [2.05, 4.69) is 10.6 Å². The Morgan fingerprint density at radius 3 is 2.64 bits per heavy atom. The smallest absolute Gasteiger partial charge is 0.261 e. The molecular formula is C10H18F2N2. The molecule has 0 aromatic heterocycles. The van der Waals surface area contributed by atoms with Crippen LogP contribution in [0.2, 0.25) is 0 Å². The molecule has 4 heteroatoms. The molecule has 2 N–H and O–H groups in total. The molecule has 1 saturated carbocycles. The van der Waals surface area contributed by atoms with Gasteiger partial charge in [0.25, 0.3) is 5.92 Å². The lowest BCUT2D eigenvalue weighted by molar-refractivity contribution is 0.0208. The number of hydrogen-bond acceptors (Lipinski definition) is 2. The van der Waals surface area contributed by atoms with Crippen molar-refractivity contribution in [3.8, 4) is 0 Å². The Labute approximate surface area is 83.4 Å². The summed E-state index contributed by atoms with van der Waals surface area (Å²) in [7, 11) is 0. The van der Waals surface area contributed by atoms with Crippen molar-refractivity contribution in [2.45, 2.75) is 50.1 Å². The standard InChI is InChI=1S/C10H18F2N2/c11-10(12)6-9(14-7-10)4-5-13-8-2-1-3-8/h8-9,13-14H,1-7H2. The molecule has 0 radical (unpaired) electrons. The molecule has 1 aliphatic heterocycles. The molecule has 2 aliphatic rings. The third kappa shape index (κ3) is 2.64. The van der Waals surface area contributed by atoms with Crippen molar-refractivity contribution in [1.82, 2.24) is 10.6 Å². The Balaban J connectivity index is 1.57. The average Bonchev–Trinajstić information content (AvgIpc) is 2.36. The van der Waals surface area contributed by atoms with Crippen LogP contribution in [0, 0.1) is 0 Å². The van der Waals surface area contributed by atoms with Gasteiger partial charge in [-0.05, 0) is 25.8 Å². The minimum absolute atomic E-state index is 0.0116. The SMILES string of the molecule is FC1(F)CNC(CCNC2CCC2)C1. The van der Waals surface area contributed by atoms with Gasteiger partial charge >= 0.3 is 0 Å². The van der Waals surface area contributed by atoms with Crippen molar-refractivity contribution in [3.05, 3.63) is 0 Å². The van der Waals surface area contributed by atoms with Gasteiger partial charge in [-0.15, -0.1) is 0 Å². The topological polar surface area (TPSA) is 24.1 Å². The van der Waals surface area contributed by atoms with E-state index < -0.39 is 5.92 Å². The molecular weight excluding hydrogens is 186 g/mol. The molecule has 0 amide bonds. The van der Waals surface area contributed by atoms with Crippen molar-refractivity contribution in [2.75, 3.05) is 13.1 Å². The van der Waals surface area contributed by atoms with Gasteiger partial charge in [0.15, 0.2) is 0 Å². The molecule has 2 fully saturated rings. The van der Waals surface area contributed by atoms with Crippen LogP contribution < -0.4 is 10.6 Å². The molecule has 1 atom stereocenters. The van der Waals surface area contributed by atoms with E-state index in [0.717, 1.165) is 13.0 Å². The average molecular weight is 204 g/mol. The Morgan fingerprint density at radius 1 is 1.36 bits per heavy atom. The minimum Gasteiger partial charge on any atom is -0.314 e. The van der Waals surface area contributed by atoms with Crippen molar-refractivity contribution >= 4 is 0 Å². The van der Waals surface area contributed by atoms with E-state index in [1.807, 2.05) is 0 Å². The molecule has 1 saturated heterocycles. The van der Waals surface area contributed by atoms with Crippen LogP contribution >= 0.6 is 0 Å². The summed E-state index contributed by atoms with van der Waals surface area (Å²) in [6, 6.07) is 0.675. The van der Waals surface area contributed by atoms with Crippen LogP contribution in [0.25, 0.3) is 0 Å². The predicted molar refractivity (Wildman–Crippen MR) is 51.6 cm³/mol. The summed E-state index contributed by atoms with van der Waals surface area (Å²) in [5, 5.41) is 6.26. The molecule has 1 aliphatic carbocycles. The predicted octanol–water partition coefficient (Wildman–Crippen LogP) is 1.52. The lowest BCUT2D eigenvalue weighted by Gasteiger charge is -2.27. The second kappa shape index (κ2) is 4.11. The Morgan fingerprint density at radius 2 is 2.14 bits per heavy atom. The highest BCUT2D eigenvalue weighted by molar-refractivity contribution is 4.88. The molecule has 2 rings (SSSR count). The first kappa shape index (κ1) is 10.3. The lowest BCUT2D eigenvalue weighted by Crippen LogP contribution is -2.37. The van der Waals surface area contributed by atoms with Crippen molar-refractivity contribution in [3.63, 3.8) is 0 Å². The third-order valence-electron chi connectivity index (χ3n) is 3.23. The summed E-state index contributed by atoms with van der Waals surface area (Å²) in [6.07, 6.45) is 4.67. The summed E-state index contributed by atoms with van der Waals surface area (Å²) >= 11 is 0. The van der Waals surface area contributed by atoms with E-state index in [0.29, 0.717) is 6.04 Å². The van der Waals surface area contributed by atoms with Gasteiger partial charge in [0.2, 0.25) is 0 Å². The second-order valence-corrected chi connectivity index (χ2v) is 4.51. The Hall–Kier alpha value is -0.220. The molecule has 14 heavy (non-hydrogen) atoms. The fraction of sp³-hybridized carbons (Fsp3) is 1.00. The number of alkyl halides is 2. The zero-order valence-corrected chi connectivity index (χ0v) is 8.36. The first-order valence-electron chi connectivity index (χ1n) is 5.50. The zero-order valence-electron chi connectivity index (χ0n) is 8.36. The molecule has 2 nitrogen and oxygen atoms in total. The third-order valence-corrected chi connectivity index (χ3v) is 3.23. The van der Waals surface area contributed by atoms with Crippen LogP contribution in [0.5, 0.6) is 0 Å². The van der Waals surface area contributed by atoms with Gasteiger partial charge in [-0.1, -0.05) is 6.42 Å². The van der Waals surface area contributed by atoms with Gasteiger partial charge in [-0.2, -0.15) is 0 Å². The number of nitrogens with one attached hydrogen (secondary N) is 2. The molecule has 0 aromatic rings. The first-order chi connectivity index (χ1) is 6.66. The Kier molecular flexibility index (Phi) is 3.02. The highest BCUT2D eigenvalue weighted by Gasteiger charge is 2.38. The fourth-order valence-electron chi connectivity index (χ4n) is 2.08. The summed E-state index contributed by atoms with van der Waals surface area (Å²) in [6.45, 7) is 0.736. The Bertz CT molecular complexity index is 193. The maximum Gasteiger partial charge on any atom is 0.261 e. The largest absolute Gasteiger partial charge is 0.314 e. The van der Waals surface area contributed by atoms with E-state index in [4.69, 9.17) is 0 Å². The summed E-state index contributed by atoms with van der Waals surface area (Å²) < 4.78 is 25.5. The van der Waals surface area contributed by atoms with Crippen LogP contribution in [0.15, 0.2) is 0 Å². The van der Waals surface area contributed by atoms with Crippen LogP contribution in [-0.4, -0.2) is 31.1 Å². The summed E-state index contributed by atoms with van der Waals surface area (Å²) in [5.41, 5.74) is 0. The minimum atomic E-state index is -2.47. The maximum atomic E-state index is 12.8. The quantitative estimate of drug-likeness (QED) is 0.725. The van der Waals surface area contributed by atoms with Crippen molar-refractivity contribution in [2.24, 2.45) is 0 Å².